The van der Waals surface area contributed by atoms with Gasteiger partial charge in [0, 0.05) is 20.9 Å². The van der Waals surface area contributed by atoms with Crippen molar-refractivity contribution in [3.8, 4) is 0 Å². The lowest BCUT2D eigenvalue weighted by Gasteiger charge is -2.15. The average Bonchev–Trinajstić information content (AvgIpc) is 2.72. The third-order valence-electron chi connectivity index (χ3n) is 3.25. The Hall–Kier alpha value is -1.32. The monoisotopic (exact) mass is 366 g/mol. The minimum Gasteiger partial charge on any atom is -0.383 e. The minimum atomic E-state index is -4.56. The number of nitrogen functional groups attached to an aromatic ring is 1. The summed E-state index contributed by atoms with van der Waals surface area (Å²) in [5.74, 6) is -0.298. The van der Waals surface area contributed by atoms with Crippen LogP contribution in [-0.2, 0) is 17.6 Å². The molecule has 0 saturated heterocycles. The summed E-state index contributed by atoms with van der Waals surface area (Å²) >= 11 is 5.71. The molecule has 0 aliphatic heterocycles. The van der Waals surface area contributed by atoms with Crippen LogP contribution < -0.4 is 5.73 Å². The molecule has 5 nitrogen and oxygen atoms in total. The van der Waals surface area contributed by atoms with Gasteiger partial charge in [-0.05, 0) is 17.6 Å². The van der Waals surface area contributed by atoms with Crippen LogP contribution >= 0.6 is 11.6 Å². The van der Waals surface area contributed by atoms with E-state index in [0.29, 0.717) is 6.61 Å². The van der Waals surface area contributed by atoms with Gasteiger partial charge in [-0.15, -0.1) is 0 Å². The average molecular weight is 367 g/mol. The Morgan fingerprint density at radius 3 is 2.52 bits per heavy atom. The highest BCUT2D eigenvalue weighted by Crippen LogP contribution is 2.38. The molecular formula is C13H18ClF3N4OSi. The number of hydrogen-bond donors (Lipinski definition) is 1. The molecule has 23 heavy (non-hydrogen) atoms. The molecule has 2 aromatic heterocycles. The van der Waals surface area contributed by atoms with E-state index in [2.05, 4.69) is 29.6 Å². The van der Waals surface area contributed by atoms with Crippen LogP contribution in [0, 0.1) is 0 Å². The van der Waals surface area contributed by atoms with Crippen LogP contribution in [-0.4, -0.2) is 29.2 Å². The number of aromatic nitrogens is 3. The van der Waals surface area contributed by atoms with Crippen molar-refractivity contribution >= 4 is 36.5 Å². The second-order valence-corrected chi connectivity index (χ2v) is 12.4. The number of halogens is 4. The predicted octanol–water partition coefficient (Wildman–Crippen LogP) is 4.00. The fourth-order valence-electron chi connectivity index (χ4n) is 2.04. The maximum absolute atomic E-state index is 13.2. The Morgan fingerprint density at radius 2 is 1.96 bits per heavy atom. The Labute approximate surface area is 137 Å². The number of nitrogens with zero attached hydrogens (tertiary/aromatic N) is 3. The van der Waals surface area contributed by atoms with Crippen molar-refractivity contribution in [3.05, 3.63) is 17.0 Å². The van der Waals surface area contributed by atoms with E-state index < -0.39 is 19.8 Å². The third-order valence-corrected chi connectivity index (χ3v) is 5.12. The molecule has 2 rings (SSSR count). The van der Waals surface area contributed by atoms with Gasteiger partial charge in [-0.3, -0.25) is 0 Å². The normalized spacial score (nSPS) is 13.0. The van der Waals surface area contributed by atoms with Gasteiger partial charge in [0.25, 0.3) is 0 Å². The molecule has 0 amide bonds. The number of hydrogen-bond acceptors (Lipinski definition) is 4. The van der Waals surface area contributed by atoms with Crippen LogP contribution in [0.5, 0.6) is 0 Å². The summed E-state index contributed by atoms with van der Waals surface area (Å²) < 4.78 is 46.2. The predicted molar refractivity (Wildman–Crippen MR) is 86.1 cm³/mol. The number of alkyl halides is 3. The zero-order valence-corrected chi connectivity index (χ0v) is 14.8. The van der Waals surface area contributed by atoms with E-state index in [4.69, 9.17) is 22.1 Å². The molecular weight excluding hydrogens is 349 g/mol. The van der Waals surface area contributed by atoms with Gasteiger partial charge in [0.05, 0.1) is 10.9 Å². The van der Waals surface area contributed by atoms with Gasteiger partial charge in [0.15, 0.2) is 0 Å². The van der Waals surface area contributed by atoms with Crippen LogP contribution in [0.2, 0.25) is 31.0 Å². The molecule has 0 atom stereocenters. The van der Waals surface area contributed by atoms with E-state index in [1.807, 2.05) is 0 Å². The molecule has 128 valence electrons. The number of ether oxygens (including phenoxy) is 1. The highest BCUT2D eigenvalue weighted by Gasteiger charge is 2.36. The molecule has 0 bridgehead atoms. The first-order valence-corrected chi connectivity index (χ1v) is 11.0. The highest BCUT2D eigenvalue weighted by atomic mass is 35.5. The van der Waals surface area contributed by atoms with Crippen LogP contribution in [0.25, 0.3) is 11.0 Å². The zero-order valence-electron chi connectivity index (χ0n) is 13.0. The van der Waals surface area contributed by atoms with Crippen LogP contribution in [0.1, 0.15) is 5.56 Å². The smallest absolute Gasteiger partial charge is 0.383 e. The summed E-state index contributed by atoms with van der Waals surface area (Å²) in [4.78, 5) is 7.47. The quantitative estimate of drug-likeness (QED) is 0.493. The maximum Gasteiger partial charge on any atom is 0.418 e. The Bertz CT molecular complexity index is 712. The summed E-state index contributed by atoms with van der Waals surface area (Å²) in [6, 6.07) is 0.913. The van der Waals surface area contributed by atoms with Gasteiger partial charge >= 0.3 is 6.18 Å². The molecule has 10 heteroatoms. The molecule has 2 aromatic rings. The maximum atomic E-state index is 13.2. The Balaban J connectivity index is 2.33. The first kappa shape index (κ1) is 18.0. The molecule has 0 aliphatic carbocycles. The first-order chi connectivity index (χ1) is 10.5. The highest BCUT2D eigenvalue weighted by molar-refractivity contribution is 6.76. The number of nitrogens with two attached hydrogens (primary N) is 1. The third kappa shape index (κ3) is 4.36. The van der Waals surface area contributed by atoms with Crippen molar-refractivity contribution in [3.63, 3.8) is 0 Å². The summed E-state index contributed by atoms with van der Waals surface area (Å²) in [6.45, 7) is 7.00. The van der Waals surface area contributed by atoms with E-state index in [9.17, 15) is 13.2 Å². The number of rotatable bonds is 5. The van der Waals surface area contributed by atoms with Crippen molar-refractivity contribution in [2.24, 2.45) is 0 Å². The van der Waals surface area contributed by atoms with Gasteiger partial charge in [-0.25, -0.2) is 4.98 Å². The molecule has 2 heterocycles. The summed E-state index contributed by atoms with van der Waals surface area (Å²) in [5, 5.41) is -0.458. The van der Waals surface area contributed by atoms with E-state index >= 15 is 0 Å². The van der Waals surface area contributed by atoms with Crippen LogP contribution in [0.3, 0.4) is 0 Å². The van der Waals surface area contributed by atoms with Gasteiger partial charge in [-0.1, -0.05) is 19.6 Å². The second kappa shape index (κ2) is 6.29. The first-order valence-electron chi connectivity index (χ1n) is 6.96. The SMILES string of the molecule is C[Si](C)(C)CCOCn1cc(C(F)(F)F)c2c(N)nc(Cl)nc21. The lowest BCUT2D eigenvalue weighted by Crippen LogP contribution is -2.22. The van der Waals surface area contributed by atoms with E-state index in [1.54, 1.807) is 0 Å². The van der Waals surface area contributed by atoms with Gasteiger partial charge < -0.3 is 15.0 Å². The summed E-state index contributed by atoms with van der Waals surface area (Å²) in [6.07, 6.45) is -3.63. The van der Waals surface area contributed by atoms with Gasteiger partial charge in [0.2, 0.25) is 5.28 Å². The Morgan fingerprint density at radius 1 is 1.30 bits per heavy atom. The van der Waals surface area contributed by atoms with Gasteiger partial charge in [0.1, 0.15) is 18.2 Å². The van der Waals surface area contributed by atoms with Crippen molar-refractivity contribution < 1.29 is 17.9 Å². The van der Waals surface area contributed by atoms with Gasteiger partial charge in [-0.2, -0.15) is 18.2 Å². The van der Waals surface area contributed by atoms with E-state index in [1.165, 1.54) is 4.57 Å². The molecule has 0 saturated carbocycles. The summed E-state index contributed by atoms with van der Waals surface area (Å²) in [7, 11) is -1.27. The fraction of sp³-hybridized carbons (Fsp3) is 0.538. The standard InChI is InChI=1S/C13H18ClF3N4OSi/c1-23(2,3)5-4-22-7-21-6-8(13(15,16)17)9-10(18)19-12(14)20-11(9)21/h6H,4-5,7H2,1-3H3,(H2,18,19,20). The van der Waals surface area contributed by atoms with E-state index in [-0.39, 0.29) is 28.9 Å². The molecule has 0 unspecified atom stereocenters. The Kier molecular flexibility index (Phi) is 4.93. The van der Waals surface area contributed by atoms with Crippen LogP contribution in [0.15, 0.2) is 6.20 Å². The largest absolute Gasteiger partial charge is 0.418 e. The minimum absolute atomic E-state index is 0.0165. The zero-order chi connectivity index (χ0) is 17.4. The lowest BCUT2D eigenvalue weighted by atomic mass is 10.2. The molecule has 0 aliphatic rings. The van der Waals surface area contributed by atoms with E-state index in [0.717, 1.165) is 12.2 Å². The number of fused-ring (bicyclic) bond motifs is 1. The van der Waals surface area contributed by atoms with Crippen molar-refractivity contribution in [1.29, 1.82) is 0 Å². The molecule has 0 fully saturated rings. The summed E-state index contributed by atoms with van der Waals surface area (Å²) in [5.41, 5.74) is 4.72. The molecule has 2 N–H and O–H groups in total. The van der Waals surface area contributed by atoms with Crippen molar-refractivity contribution in [1.82, 2.24) is 14.5 Å². The second-order valence-electron chi connectivity index (χ2n) is 6.43. The topological polar surface area (TPSA) is 66.0 Å². The van der Waals surface area contributed by atoms with Crippen molar-refractivity contribution in [2.75, 3.05) is 12.3 Å². The molecule has 0 spiro atoms. The molecule has 0 aromatic carbocycles. The molecule has 0 radical (unpaired) electrons. The van der Waals surface area contributed by atoms with Crippen molar-refractivity contribution in [2.45, 2.75) is 38.6 Å². The van der Waals surface area contributed by atoms with Crippen LogP contribution in [0.4, 0.5) is 19.0 Å². The fourth-order valence-corrected chi connectivity index (χ4v) is 2.97. The lowest BCUT2D eigenvalue weighted by molar-refractivity contribution is -0.136. The number of anilines is 1.